The second-order valence-electron chi connectivity index (χ2n) is 8.06. The predicted molar refractivity (Wildman–Crippen MR) is 120 cm³/mol. The van der Waals surface area contributed by atoms with Gasteiger partial charge >= 0.3 is 0 Å². The highest BCUT2D eigenvalue weighted by molar-refractivity contribution is 7.89. The molecule has 2 saturated heterocycles. The largest absolute Gasteiger partial charge is 0.376 e. The molecule has 2 aliphatic rings. The lowest BCUT2D eigenvalue weighted by atomic mass is 10.0. The summed E-state index contributed by atoms with van der Waals surface area (Å²) in [5.74, 6) is -0.0991. The molecule has 4 rings (SSSR count). The van der Waals surface area contributed by atoms with Gasteiger partial charge in [-0.25, -0.2) is 13.1 Å². The van der Waals surface area contributed by atoms with E-state index in [1.807, 2.05) is 24.3 Å². The number of carbonyl (C=O) groups excluding carboxylic acids is 1. The number of carbonyl (C=O) groups is 1. The van der Waals surface area contributed by atoms with Crippen molar-refractivity contribution in [3.05, 3.63) is 60.2 Å². The zero-order valence-electron chi connectivity index (χ0n) is 17.5. The average Bonchev–Trinajstić information content (AvgIpc) is 3.32. The Morgan fingerprint density at radius 2 is 1.71 bits per heavy atom. The van der Waals surface area contributed by atoms with Crippen molar-refractivity contribution >= 4 is 21.6 Å². The highest BCUT2D eigenvalue weighted by Gasteiger charge is 2.26. The van der Waals surface area contributed by atoms with E-state index >= 15 is 0 Å². The predicted octanol–water partition coefficient (Wildman–Crippen LogP) is 2.54. The molecule has 7 nitrogen and oxygen atoms in total. The second kappa shape index (κ2) is 9.80. The number of nitrogens with zero attached hydrogens (tertiary/aromatic N) is 1. The van der Waals surface area contributed by atoms with E-state index in [0.717, 1.165) is 25.1 Å². The minimum absolute atomic E-state index is 0.0991. The van der Waals surface area contributed by atoms with Gasteiger partial charge in [0.05, 0.1) is 16.6 Å². The van der Waals surface area contributed by atoms with E-state index in [1.165, 1.54) is 0 Å². The Hall–Kier alpha value is -2.42. The van der Waals surface area contributed by atoms with Gasteiger partial charge < -0.3 is 15.0 Å². The van der Waals surface area contributed by atoms with Crippen LogP contribution in [0, 0.1) is 0 Å². The molecule has 2 aliphatic heterocycles. The van der Waals surface area contributed by atoms with Crippen molar-refractivity contribution < 1.29 is 17.9 Å². The number of ether oxygens (including phenoxy) is 1. The number of hydrogen-bond acceptors (Lipinski definition) is 5. The molecule has 0 radical (unpaired) electrons. The Balaban J connectivity index is 1.36. The third kappa shape index (κ3) is 5.44. The molecule has 1 atom stereocenters. The van der Waals surface area contributed by atoms with Crippen molar-refractivity contribution in [2.24, 2.45) is 0 Å². The summed E-state index contributed by atoms with van der Waals surface area (Å²) >= 11 is 0. The standard InChI is InChI=1S/C23H29N3O4S/c27-23(24-17-19-7-6-16-30-19)21-10-4-5-11-22(21)26-14-12-18(13-15-26)25-31(28,29)20-8-2-1-3-9-20/h1-5,8-11,18-19,25H,6-7,12-17H2,(H,24,27). The Kier molecular flexibility index (Phi) is 6.89. The van der Waals surface area contributed by atoms with E-state index < -0.39 is 10.0 Å². The summed E-state index contributed by atoms with van der Waals surface area (Å²) in [7, 11) is -3.52. The van der Waals surface area contributed by atoms with E-state index in [0.29, 0.717) is 38.0 Å². The molecule has 0 spiro atoms. The fourth-order valence-corrected chi connectivity index (χ4v) is 5.50. The lowest BCUT2D eigenvalue weighted by molar-refractivity contribution is 0.0858. The van der Waals surface area contributed by atoms with Crippen LogP contribution < -0.4 is 14.9 Å². The summed E-state index contributed by atoms with van der Waals surface area (Å²) in [5, 5.41) is 3.00. The molecule has 0 aromatic heterocycles. The Morgan fingerprint density at radius 1 is 1.00 bits per heavy atom. The molecule has 2 aromatic carbocycles. The van der Waals surface area contributed by atoms with Gasteiger partial charge in [0.15, 0.2) is 0 Å². The second-order valence-corrected chi connectivity index (χ2v) is 9.77. The molecule has 1 amide bonds. The van der Waals surface area contributed by atoms with Gasteiger partial charge in [-0.2, -0.15) is 0 Å². The van der Waals surface area contributed by atoms with Crippen molar-refractivity contribution in [1.82, 2.24) is 10.0 Å². The van der Waals surface area contributed by atoms with Gasteiger partial charge in [-0.05, 0) is 49.9 Å². The van der Waals surface area contributed by atoms with E-state index in [-0.39, 0.29) is 22.9 Å². The maximum atomic E-state index is 12.8. The Labute approximate surface area is 183 Å². The van der Waals surface area contributed by atoms with Crippen molar-refractivity contribution in [3.8, 4) is 0 Å². The molecular formula is C23H29N3O4S. The van der Waals surface area contributed by atoms with Crippen LogP contribution in [0.1, 0.15) is 36.0 Å². The van der Waals surface area contributed by atoms with Crippen LogP contribution in [0.3, 0.4) is 0 Å². The number of hydrogen-bond donors (Lipinski definition) is 2. The Morgan fingerprint density at radius 3 is 2.42 bits per heavy atom. The molecular weight excluding hydrogens is 414 g/mol. The van der Waals surface area contributed by atoms with E-state index in [2.05, 4.69) is 14.9 Å². The third-order valence-corrected chi connectivity index (χ3v) is 7.41. The molecule has 166 valence electrons. The van der Waals surface area contributed by atoms with Gasteiger partial charge in [-0.1, -0.05) is 30.3 Å². The molecule has 2 N–H and O–H groups in total. The van der Waals surface area contributed by atoms with Crippen LogP contribution in [0.4, 0.5) is 5.69 Å². The van der Waals surface area contributed by atoms with Crippen LogP contribution in [-0.4, -0.2) is 52.7 Å². The molecule has 0 aliphatic carbocycles. The molecule has 0 saturated carbocycles. The van der Waals surface area contributed by atoms with Crippen molar-refractivity contribution in [2.45, 2.75) is 42.7 Å². The van der Waals surface area contributed by atoms with Gasteiger partial charge in [0.2, 0.25) is 10.0 Å². The van der Waals surface area contributed by atoms with Crippen LogP contribution in [-0.2, 0) is 14.8 Å². The summed E-state index contributed by atoms with van der Waals surface area (Å²) < 4.78 is 33.6. The monoisotopic (exact) mass is 443 g/mol. The summed E-state index contributed by atoms with van der Waals surface area (Å²) in [6.07, 6.45) is 3.48. The molecule has 2 fully saturated rings. The molecule has 1 unspecified atom stereocenters. The zero-order chi connectivity index (χ0) is 21.7. The number of nitrogens with one attached hydrogen (secondary N) is 2. The third-order valence-electron chi connectivity index (χ3n) is 5.87. The highest BCUT2D eigenvalue weighted by atomic mass is 32.2. The fraction of sp³-hybridized carbons (Fsp3) is 0.435. The first-order valence-corrected chi connectivity index (χ1v) is 12.3. The topological polar surface area (TPSA) is 87.7 Å². The summed E-state index contributed by atoms with van der Waals surface area (Å²) in [4.78, 5) is 15.2. The first kappa shape index (κ1) is 21.8. The number of anilines is 1. The van der Waals surface area contributed by atoms with Crippen LogP contribution in [0.15, 0.2) is 59.5 Å². The first-order valence-electron chi connectivity index (χ1n) is 10.8. The molecule has 0 bridgehead atoms. The van der Waals surface area contributed by atoms with Crippen molar-refractivity contribution in [2.75, 3.05) is 31.1 Å². The van der Waals surface area contributed by atoms with E-state index in [1.54, 1.807) is 30.3 Å². The van der Waals surface area contributed by atoms with Crippen molar-refractivity contribution in [3.63, 3.8) is 0 Å². The van der Waals surface area contributed by atoms with Gasteiger partial charge in [0, 0.05) is 38.0 Å². The van der Waals surface area contributed by atoms with E-state index in [9.17, 15) is 13.2 Å². The minimum atomic E-state index is -3.52. The highest BCUT2D eigenvalue weighted by Crippen LogP contribution is 2.25. The van der Waals surface area contributed by atoms with Crippen LogP contribution >= 0.6 is 0 Å². The summed E-state index contributed by atoms with van der Waals surface area (Å²) in [5.41, 5.74) is 1.53. The fourth-order valence-electron chi connectivity index (χ4n) is 4.17. The van der Waals surface area contributed by atoms with Crippen LogP contribution in [0.2, 0.25) is 0 Å². The Bertz CT molecular complexity index is 983. The van der Waals surface area contributed by atoms with Gasteiger partial charge in [0.25, 0.3) is 5.91 Å². The number of amides is 1. The number of piperidine rings is 1. The van der Waals surface area contributed by atoms with Crippen LogP contribution in [0.25, 0.3) is 0 Å². The molecule has 2 heterocycles. The van der Waals surface area contributed by atoms with Crippen LogP contribution in [0.5, 0.6) is 0 Å². The lowest BCUT2D eigenvalue weighted by Crippen LogP contribution is -2.45. The molecule has 2 aromatic rings. The lowest BCUT2D eigenvalue weighted by Gasteiger charge is -2.34. The number of rotatable bonds is 7. The maximum Gasteiger partial charge on any atom is 0.253 e. The smallest absolute Gasteiger partial charge is 0.253 e. The van der Waals surface area contributed by atoms with Gasteiger partial charge in [0.1, 0.15) is 0 Å². The maximum absolute atomic E-state index is 12.8. The van der Waals surface area contributed by atoms with E-state index in [4.69, 9.17) is 4.74 Å². The minimum Gasteiger partial charge on any atom is -0.376 e. The first-order chi connectivity index (χ1) is 15.0. The summed E-state index contributed by atoms with van der Waals surface area (Å²) in [6.45, 7) is 2.65. The quantitative estimate of drug-likeness (QED) is 0.687. The number of para-hydroxylation sites is 1. The van der Waals surface area contributed by atoms with Gasteiger partial charge in [-0.3, -0.25) is 4.79 Å². The van der Waals surface area contributed by atoms with Crippen molar-refractivity contribution in [1.29, 1.82) is 0 Å². The SMILES string of the molecule is O=C(NCC1CCCO1)c1ccccc1N1CCC(NS(=O)(=O)c2ccccc2)CC1. The summed E-state index contributed by atoms with van der Waals surface area (Å²) in [6, 6.07) is 15.9. The number of benzene rings is 2. The normalized spacial score (nSPS) is 20.0. The zero-order valence-corrected chi connectivity index (χ0v) is 18.3. The number of sulfonamides is 1. The molecule has 31 heavy (non-hydrogen) atoms. The van der Waals surface area contributed by atoms with Gasteiger partial charge in [-0.15, -0.1) is 0 Å². The average molecular weight is 444 g/mol. The molecule has 8 heteroatoms.